The fraction of sp³-hybridized carbons (Fsp3) is 0.429. The van der Waals surface area contributed by atoms with E-state index in [0.29, 0.717) is 6.41 Å². The average molecular weight is 248 g/mol. The van der Waals surface area contributed by atoms with Gasteiger partial charge in [0, 0.05) is 5.54 Å². The van der Waals surface area contributed by atoms with Gasteiger partial charge in [-0.3, -0.25) is 9.59 Å². The number of amides is 2. The molecular weight excluding hydrogens is 228 g/mol. The number of carbonyl (C=O) groups excluding carboxylic acids is 2. The minimum atomic E-state index is -0.651. The minimum absolute atomic E-state index is 0.210. The van der Waals surface area contributed by atoms with Crippen LogP contribution in [0, 0.1) is 6.92 Å². The zero-order valence-electron chi connectivity index (χ0n) is 11.3. The van der Waals surface area contributed by atoms with Crippen molar-refractivity contribution in [2.24, 2.45) is 0 Å². The molecule has 0 saturated heterocycles. The quantitative estimate of drug-likeness (QED) is 0.797. The average Bonchev–Trinajstić information content (AvgIpc) is 2.25. The van der Waals surface area contributed by atoms with Crippen molar-refractivity contribution in [2.45, 2.75) is 39.3 Å². The van der Waals surface area contributed by atoms with Crippen LogP contribution in [0.4, 0.5) is 0 Å². The minimum Gasteiger partial charge on any atom is -0.349 e. The molecule has 1 rings (SSSR count). The van der Waals surface area contributed by atoms with Gasteiger partial charge in [-0.1, -0.05) is 29.8 Å². The predicted octanol–water partition coefficient (Wildman–Crippen LogP) is 1.70. The monoisotopic (exact) mass is 248 g/mol. The fourth-order valence-electron chi connectivity index (χ4n) is 1.59. The Labute approximate surface area is 108 Å². The van der Waals surface area contributed by atoms with Crippen LogP contribution in [0.3, 0.4) is 0 Å². The Morgan fingerprint density at radius 3 is 2.22 bits per heavy atom. The maximum atomic E-state index is 12.1. The first-order valence-electron chi connectivity index (χ1n) is 5.92. The van der Waals surface area contributed by atoms with Crippen LogP contribution in [0.5, 0.6) is 0 Å². The Hall–Kier alpha value is -1.84. The van der Waals surface area contributed by atoms with E-state index in [0.717, 1.165) is 11.1 Å². The third-order valence-corrected chi connectivity index (χ3v) is 2.41. The highest BCUT2D eigenvalue weighted by Gasteiger charge is 2.23. The molecule has 0 heterocycles. The summed E-state index contributed by atoms with van der Waals surface area (Å²) in [7, 11) is 0. The standard InChI is InChI=1S/C14H20N2O2/c1-10-5-7-11(8-6-10)12(15-9-17)13(18)16-14(2,3)4/h5-9,12H,1-4H3,(H,15,17)(H,16,18)/t12-/m0/s1. The lowest BCUT2D eigenvalue weighted by molar-refractivity contribution is -0.126. The van der Waals surface area contributed by atoms with E-state index in [2.05, 4.69) is 10.6 Å². The van der Waals surface area contributed by atoms with Crippen LogP contribution in [-0.2, 0) is 9.59 Å². The lowest BCUT2D eigenvalue weighted by Gasteiger charge is -2.24. The van der Waals surface area contributed by atoms with Gasteiger partial charge in [0.1, 0.15) is 6.04 Å². The number of rotatable bonds is 4. The van der Waals surface area contributed by atoms with E-state index in [4.69, 9.17) is 0 Å². The van der Waals surface area contributed by atoms with E-state index >= 15 is 0 Å². The second-order valence-electron chi connectivity index (χ2n) is 5.37. The third-order valence-electron chi connectivity index (χ3n) is 2.41. The van der Waals surface area contributed by atoms with Crippen molar-refractivity contribution >= 4 is 12.3 Å². The molecule has 2 amide bonds. The van der Waals surface area contributed by atoms with Crippen molar-refractivity contribution in [2.75, 3.05) is 0 Å². The summed E-state index contributed by atoms with van der Waals surface area (Å²) in [5.41, 5.74) is 1.55. The van der Waals surface area contributed by atoms with Crippen molar-refractivity contribution in [3.63, 3.8) is 0 Å². The van der Waals surface area contributed by atoms with E-state index in [1.54, 1.807) is 0 Å². The summed E-state index contributed by atoms with van der Waals surface area (Å²) >= 11 is 0. The van der Waals surface area contributed by atoms with Gasteiger partial charge in [0.25, 0.3) is 0 Å². The van der Waals surface area contributed by atoms with Crippen molar-refractivity contribution in [1.82, 2.24) is 10.6 Å². The molecule has 1 atom stereocenters. The molecule has 0 bridgehead atoms. The Balaban J connectivity index is 2.91. The molecule has 18 heavy (non-hydrogen) atoms. The summed E-state index contributed by atoms with van der Waals surface area (Å²) in [5, 5.41) is 5.40. The van der Waals surface area contributed by atoms with Crippen molar-refractivity contribution in [1.29, 1.82) is 0 Å². The van der Waals surface area contributed by atoms with Gasteiger partial charge in [0.2, 0.25) is 12.3 Å². The molecule has 1 aromatic carbocycles. The fourth-order valence-corrected chi connectivity index (χ4v) is 1.59. The Morgan fingerprint density at radius 1 is 1.22 bits per heavy atom. The molecule has 4 nitrogen and oxygen atoms in total. The number of benzene rings is 1. The zero-order valence-corrected chi connectivity index (χ0v) is 11.3. The molecule has 0 spiro atoms. The number of carbonyl (C=O) groups is 2. The maximum absolute atomic E-state index is 12.1. The summed E-state index contributed by atoms with van der Waals surface area (Å²) in [5.74, 6) is -0.210. The number of aryl methyl sites for hydroxylation is 1. The molecule has 0 aliphatic rings. The summed E-state index contributed by atoms with van der Waals surface area (Å²) in [6.07, 6.45) is 0.548. The summed E-state index contributed by atoms with van der Waals surface area (Å²) in [4.78, 5) is 22.7. The van der Waals surface area contributed by atoms with Gasteiger partial charge in [0.15, 0.2) is 0 Å². The molecular formula is C14H20N2O2. The lowest BCUT2D eigenvalue weighted by Crippen LogP contribution is -2.46. The van der Waals surface area contributed by atoms with E-state index in [1.165, 1.54) is 0 Å². The largest absolute Gasteiger partial charge is 0.349 e. The van der Waals surface area contributed by atoms with Gasteiger partial charge in [-0.05, 0) is 33.3 Å². The summed E-state index contributed by atoms with van der Waals surface area (Å²) < 4.78 is 0. The van der Waals surface area contributed by atoms with Gasteiger partial charge >= 0.3 is 0 Å². The topological polar surface area (TPSA) is 58.2 Å². The van der Waals surface area contributed by atoms with Crippen molar-refractivity contribution in [3.8, 4) is 0 Å². The second kappa shape index (κ2) is 5.67. The Morgan fingerprint density at radius 2 is 1.78 bits per heavy atom. The molecule has 0 aliphatic carbocycles. The Bertz CT molecular complexity index is 418. The molecule has 0 saturated carbocycles. The van der Waals surface area contributed by atoms with Crippen LogP contribution in [0.15, 0.2) is 24.3 Å². The van der Waals surface area contributed by atoms with Crippen LogP contribution < -0.4 is 10.6 Å². The van der Waals surface area contributed by atoms with Crippen LogP contribution in [0.25, 0.3) is 0 Å². The normalized spacial score (nSPS) is 12.7. The highest BCUT2D eigenvalue weighted by atomic mass is 16.2. The summed E-state index contributed by atoms with van der Waals surface area (Å²) in [6.45, 7) is 7.68. The predicted molar refractivity (Wildman–Crippen MR) is 71.0 cm³/mol. The number of hydrogen-bond acceptors (Lipinski definition) is 2. The third kappa shape index (κ3) is 4.20. The highest BCUT2D eigenvalue weighted by Crippen LogP contribution is 2.15. The highest BCUT2D eigenvalue weighted by molar-refractivity contribution is 5.85. The number of nitrogens with one attached hydrogen (secondary N) is 2. The summed E-state index contributed by atoms with van der Waals surface area (Å²) in [6, 6.07) is 6.87. The van der Waals surface area contributed by atoms with E-state index in [-0.39, 0.29) is 11.4 Å². The van der Waals surface area contributed by atoms with Crippen molar-refractivity contribution < 1.29 is 9.59 Å². The van der Waals surface area contributed by atoms with Gasteiger partial charge in [-0.2, -0.15) is 0 Å². The van der Waals surface area contributed by atoms with Crippen LogP contribution in [0.1, 0.15) is 37.9 Å². The number of hydrogen-bond donors (Lipinski definition) is 2. The van der Waals surface area contributed by atoms with Gasteiger partial charge in [-0.15, -0.1) is 0 Å². The van der Waals surface area contributed by atoms with Crippen LogP contribution in [-0.4, -0.2) is 17.9 Å². The lowest BCUT2D eigenvalue weighted by atomic mass is 10.0. The van der Waals surface area contributed by atoms with Gasteiger partial charge in [0.05, 0.1) is 0 Å². The molecule has 0 aromatic heterocycles. The maximum Gasteiger partial charge on any atom is 0.247 e. The molecule has 2 N–H and O–H groups in total. The molecule has 4 heteroatoms. The van der Waals surface area contributed by atoms with E-state index in [9.17, 15) is 9.59 Å². The molecule has 1 aromatic rings. The zero-order chi connectivity index (χ0) is 13.8. The first-order chi connectivity index (χ1) is 8.33. The van der Waals surface area contributed by atoms with Crippen LogP contribution >= 0.6 is 0 Å². The first-order valence-corrected chi connectivity index (χ1v) is 5.92. The van der Waals surface area contributed by atoms with E-state index in [1.807, 2.05) is 52.0 Å². The van der Waals surface area contributed by atoms with Crippen LogP contribution in [0.2, 0.25) is 0 Å². The molecule has 0 aliphatic heterocycles. The molecule has 0 fully saturated rings. The van der Waals surface area contributed by atoms with Crippen molar-refractivity contribution in [3.05, 3.63) is 35.4 Å². The first kappa shape index (κ1) is 14.2. The SMILES string of the molecule is Cc1ccc([C@H](NC=O)C(=O)NC(C)(C)C)cc1. The van der Waals surface area contributed by atoms with E-state index < -0.39 is 6.04 Å². The second-order valence-corrected chi connectivity index (χ2v) is 5.37. The molecule has 0 unspecified atom stereocenters. The van der Waals surface area contributed by atoms with Gasteiger partial charge in [-0.25, -0.2) is 0 Å². The molecule has 0 radical (unpaired) electrons. The van der Waals surface area contributed by atoms with Gasteiger partial charge < -0.3 is 10.6 Å². The smallest absolute Gasteiger partial charge is 0.247 e. The molecule has 98 valence electrons. The Kier molecular flexibility index (Phi) is 4.48.